The Kier molecular flexibility index (Phi) is 3.37. The summed E-state index contributed by atoms with van der Waals surface area (Å²) in [5.41, 5.74) is 1.77. The van der Waals surface area contributed by atoms with Gasteiger partial charge in [0.25, 0.3) is 0 Å². The molecule has 0 bridgehead atoms. The molecule has 0 aliphatic heterocycles. The molecule has 16 heavy (non-hydrogen) atoms. The minimum atomic E-state index is 0.396. The summed E-state index contributed by atoms with van der Waals surface area (Å²) < 4.78 is 0.954. The predicted octanol–water partition coefficient (Wildman–Crippen LogP) is 3.89. The van der Waals surface area contributed by atoms with Crippen molar-refractivity contribution in [1.82, 2.24) is 0 Å². The second-order valence-electron chi connectivity index (χ2n) is 3.35. The Labute approximate surface area is 103 Å². The van der Waals surface area contributed by atoms with Gasteiger partial charge in [0.1, 0.15) is 5.84 Å². The first-order chi connectivity index (χ1) is 7.77. The summed E-state index contributed by atoms with van der Waals surface area (Å²) in [6.45, 7) is 0. The van der Waals surface area contributed by atoms with Crippen molar-refractivity contribution < 1.29 is 0 Å². The van der Waals surface area contributed by atoms with Crippen LogP contribution >= 0.6 is 15.9 Å². The van der Waals surface area contributed by atoms with Crippen LogP contribution < -0.4 is 5.32 Å². The first-order valence-electron chi connectivity index (χ1n) is 4.93. The Morgan fingerprint density at radius 1 is 0.938 bits per heavy atom. The molecule has 0 aromatic heterocycles. The maximum Gasteiger partial charge on any atom is 0.129 e. The van der Waals surface area contributed by atoms with Crippen LogP contribution in [-0.2, 0) is 0 Å². The van der Waals surface area contributed by atoms with Gasteiger partial charge in [0.15, 0.2) is 0 Å². The van der Waals surface area contributed by atoms with E-state index in [1.807, 2.05) is 54.6 Å². The van der Waals surface area contributed by atoms with Crippen LogP contribution in [0.25, 0.3) is 0 Å². The van der Waals surface area contributed by atoms with Crippen molar-refractivity contribution in [3.8, 4) is 0 Å². The van der Waals surface area contributed by atoms with E-state index >= 15 is 0 Å². The molecule has 80 valence electrons. The highest BCUT2D eigenvalue weighted by molar-refractivity contribution is 9.10. The van der Waals surface area contributed by atoms with E-state index in [2.05, 4.69) is 21.2 Å². The molecule has 0 atom stereocenters. The summed E-state index contributed by atoms with van der Waals surface area (Å²) in [6.07, 6.45) is 0. The standard InChI is InChI=1S/C13H11BrN2/c14-11-8-4-5-9-12(11)16-13(15)10-6-2-1-3-7-10/h1-9H,(H2,15,16). The molecule has 0 saturated carbocycles. The molecule has 0 aliphatic rings. The monoisotopic (exact) mass is 274 g/mol. The Morgan fingerprint density at radius 2 is 1.56 bits per heavy atom. The van der Waals surface area contributed by atoms with Crippen LogP contribution in [0.4, 0.5) is 5.69 Å². The molecule has 2 rings (SSSR count). The summed E-state index contributed by atoms with van der Waals surface area (Å²) in [4.78, 5) is 0. The fraction of sp³-hybridized carbons (Fsp3) is 0. The quantitative estimate of drug-likeness (QED) is 0.633. The molecular formula is C13H11BrN2. The van der Waals surface area contributed by atoms with Crippen LogP contribution in [0.15, 0.2) is 59.1 Å². The fourth-order valence-electron chi connectivity index (χ4n) is 1.37. The van der Waals surface area contributed by atoms with Crippen molar-refractivity contribution in [1.29, 1.82) is 5.41 Å². The van der Waals surface area contributed by atoms with Gasteiger partial charge < -0.3 is 5.32 Å². The molecule has 0 fully saturated rings. The largest absolute Gasteiger partial charge is 0.339 e. The SMILES string of the molecule is N=C(Nc1ccccc1Br)c1ccccc1. The molecule has 3 heteroatoms. The third-order valence-electron chi connectivity index (χ3n) is 2.20. The zero-order valence-electron chi connectivity index (χ0n) is 8.57. The summed E-state index contributed by atoms with van der Waals surface area (Å²) in [5, 5.41) is 11.0. The van der Waals surface area contributed by atoms with Crippen molar-refractivity contribution in [2.75, 3.05) is 5.32 Å². The second-order valence-corrected chi connectivity index (χ2v) is 4.20. The average molecular weight is 275 g/mol. The molecule has 2 aromatic carbocycles. The van der Waals surface area contributed by atoms with Gasteiger partial charge >= 0.3 is 0 Å². The van der Waals surface area contributed by atoms with Gasteiger partial charge in [-0.05, 0) is 28.1 Å². The van der Waals surface area contributed by atoms with Crippen molar-refractivity contribution >= 4 is 27.5 Å². The Hall–Kier alpha value is -1.61. The van der Waals surface area contributed by atoms with Crippen molar-refractivity contribution in [2.45, 2.75) is 0 Å². The number of benzene rings is 2. The van der Waals surface area contributed by atoms with E-state index in [4.69, 9.17) is 5.41 Å². The van der Waals surface area contributed by atoms with Crippen LogP contribution in [-0.4, -0.2) is 5.84 Å². The maximum absolute atomic E-state index is 7.93. The van der Waals surface area contributed by atoms with Crippen LogP contribution in [0.3, 0.4) is 0 Å². The minimum absolute atomic E-state index is 0.396. The summed E-state index contributed by atoms with van der Waals surface area (Å²) in [6, 6.07) is 17.4. The normalized spacial score (nSPS) is 9.81. The van der Waals surface area contributed by atoms with E-state index in [0.717, 1.165) is 15.7 Å². The first-order valence-corrected chi connectivity index (χ1v) is 5.72. The maximum atomic E-state index is 7.93. The smallest absolute Gasteiger partial charge is 0.129 e. The highest BCUT2D eigenvalue weighted by atomic mass is 79.9. The van der Waals surface area contributed by atoms with E-state index in [0.29, 0.717) is 5.84 Å². The Morgan fingerprint density at radius 3 is 2.25 bits per heavy atom. The van der Waals surface area contributed by atoms with Gasteiger partial charge in [-0.15, -0.1) is 0 Å². The number of amidine groups is 1. The molecule has 0 saturated heterocycles. The van der Waals surface area contributed by atoms with Crippen LogP contribution in [0.5, 0.6) is 0 Å². The highest BCUT2D eigenvalue weighted by Gasteiger charge is 2.02. The lowest BCUT2D eigenvalue weighted by atomic mass is 10.2. The number of hydrogen-bond acceptors (Lipinski definition) is 1. The molecule has 0 spiro atoms. The number of anilines is 1. The molecule has 0 heterocycles. The highest BCUT2D eigenvalue weighted by Crippen LogP contribution is 2.21. The van der Waals surface area contributed by atoms with E-state index in [-0.39, 0.29) is 0 Å². The van der Waals surface area contributed by atoms with E-state index in [9.17, 15) is 0 Å². The number of halogens is 1. The number of para-hydroxylation sites is 1. The third kappa shape index (κ3) is 2.49. The zero-order valence-corrected chi connectivity index (χ0v) is 10.2. The molecule has 0 aliphatic carbocycles. The van der Waals surface area contributed by atoms with Gasteiger partial charge in [-0.3, -0.25) is 5.41 Å². The topological polar surface area (TPSA) is 35.9 Å². The van der Waals surface area contributed by atoms with Gasteiger partial charge in [-0.25, -0.2) is 0 Å². The summed E-state index contributed by atoms with van der Waals surface area (Å²) in [5.74, 6) is 0.396. The lowest BCUT2D eigenvalue weighted by Crippen LogP contribution is -2.11. The van der Waals surface area contributed by atoms with Gasteiger partial charge in [0.2, 0.25) is 0 Å². The summed E-state index contributed by atoms with van der Waals surface area (Å²) >= 11 is 3.44. The van der Waals surface area contributed by atoms with Crippen molar-refractivity contribution in [3.63, 3.8) is 0 Å². The second kappa shape index (κ2) is 4.94. The molecule has 0 unspecified atom stereocenters. The first kappa shape index (κ1) is 10.9. The Bertz CT molecular complexity index is 494. The van der Waals surface area contributed by atoms with E-state index in [1.54, 1.807) is 0 Å². The van der Waals surface area contributed by atoms with Gasteiger partial charge in [0, 0.05) is 10.0 Å². The third-order valence-corrected chi connectivity index (χ3v) is 2.89. The Balaban J connectivity index is 2.18. The lowest BCUT2D eigenvalue weighted by molar-refractivity contribution is 1.44. The van der Waals surface area contributed by atoms with Gasteiger partial charge in [-0.2, -0.15) is 0 Å². The average Bonchev–Trinajstić information content (AvgIpc) is 2.33. The molecule has 2 aromatic rings. The number of rotatable bonds is 2. The van der Waals surface area contributed by atoms with Crippen LogP contribution in [0, 0.1) is 5.41 Å². The number of nitrogens with one attached hydrogen (secondary N) is 2. The number of hydrogen-bond donors (Lipinski definition) is 2. The van der Waals surface area contributed by atoms with Crippen LogP contribution in [0.1, 0.15) is 5.56 Å². The molecule has 2 nitrogen and oxygen atoms in total. The van der Waals surface area contributed by atoms with Gasteiger partial charge in [0.05, 0.1) is 5.69 Å². The van der Waals surface area contributed by atoms with Crippen LogP contribution in [0.2, 0.25) is 0 Å². The lowest BCUT2D eigenvalue weighted by Gasteiger charge is -2.09. The molecular weight excluding hydrogens is 264 g/mol. The predicted molar refractivity (Wildman–Crippen MR) is 71.0 cm³/mol. The molecule has 2 N–H and O–H groups in total. The van der Waals surface area contributed by atoms with Crippen molar-refractivity contribution in [3.05, 3.63) is 64.6 Å². The van der Waals surface area contributed by atoms with Gasteiger partial charge in [-0.1, -0.05) is 42.5 Å². The van der Waals surface area contributed by atoms with Crippen molar-refractivity contribution in [2.24, 2.45) is 0 Å². The summed E-state index contributed by atoms with van der Waals surface area (Å²) in [7, 11) is 0. The minimum Gasteiger partial charge on any atom is -0.339 e. The molecule has 0 radical (unpaired) electrons. The molecule has 0 amide bonds. The van der Waals surface area contributed by atoms with E-state index in [1.165, 1.54) is 0 Å². The fourth-order valence-corrected chi connectivity index (χ4v) is 1.76. The zero-order chi connectivity index (χ0) is 11.4. The van der Waals surface area contributed by atoms with E-state index < -0.39 is 0 Å².